The lowest BCUT2D eigenvalue weighted by Crippen LogP contribution is -2.14. The summed E-state index contributed by atoms with van der Waals surface area (Å²) in [5, 5.41) is 2.92. The number of benzene rings is 1. The smallest absolute Gasteiger partial charge is 0.224 e. The monoisotopic (exact) mass is 272 g/mol. The molecule has 0 saturated heterocycles. The number of ether oxygens (including phenoxy) is 1. The Hall–Kier alpha value is -2.23. The summed E-state index contributed by atoms with van der Waals surface area (Å²) in [4.78, 5) is 11.8. The highest BCUT2D eigenvalue weighted by atomic mass is 16.5. The number of nitrogens with one attached hydrogen (secondary N) is 1. The van der Waals surface area contributed by atoms with Gasteiger partial charge in [-0.15, -0.1) is 0 Å². The first-order valence-corrected chi connectivity index (χ1v) is 6.71. The van der Waals surface area contributed by atoms with Gasteiger partial charge in [0.25, 0.3) is 0 Å². The molecule has 1 amide bonds. The van der Waals surface area contributed by atoms with Crippen molar-refractivity contribution in [3.05, 3.63) is 42.7 Å². The van der Waals surface area contributed by atoms with Crippen molar-refractivity contribution in [3.8, 4) is 11.4 Å². The number of amides is 1. The van der Waals surface area contributed by atoms with E-state index in [-0.39, 0.29) is 5.91 Å². The summed E-state index contributed by atoms with van der Waals surface area (Å²) >= 11 is 0. The molecule has 2 rings (SSSR count). The lowest BCUT2D eigenvalue weighted by atomic mass is 10.1. The van der Waals surface area contributed by atoms with E-state index >= 15 is 0 Å². The molecule has 4 heteroatoms. The van der Waals surface area contributed by atoms with Crippen LogP contribution >= 0.6 is 0 Å². The van der Waals surface area contributed by atoms with Crippen LogP contribution in [-0.4, -0.2) is 17.6 Å². The minimum Gasteiger partial charge on any atom is -0.495 e. The zero-order chi connectivity index (χ0) is 14.5. The number of hydrogen-bond donors (Lipinski definition) is 1. The van der Waals surface area contributed by atoms with Crippen LogP contribution in [0.5, 0.6) is 5.75 Å². The Bertz CT molecular complexity index is 574. The highest BCUT2D eigenvalue weighted by Gasteiger charge is 2.09. The molecule has 1 heterocycles. The molecule has 0 bridgehead atoms. The third-order valence-corrected chi connectivity index (χ3v) is 2.94. The van der Waals surface area contributed by atoms with Gasteiger partial charge in [-0.3, -0.25) is 4.79 Å². The van der Waals surface area contributed by atoms with Gasteiger partial charge in [0.15, 0.2) is 0 Å². The number of rotatable bonds is 5. The number of carbonyl (C=O) groups excluding carboxylic acids is 1. The molecule has 0 aliphatic carbocycles. The largest absolute Gasteiger partial charge is 0.495 e. The molecule has 0 aliphatic heterocycles. The zero-order valence-electron chi connectivity index (χ0n) is 12.1. The van der Waals surface area contributed by atoms with Crippen LogP contribution in [0.1, 0.15) is 20.3 Å². The van der Waals surface area contributed by atoms with Crippen LogP contribution in [0, 0.1) is 5.92 Å². The van der Waals surface area contributed by atoms with Crippen LogP contribution in [0.4, 0.5) is 5.69 Å². The molecule has 1 N–H and O–H groups in total. The van der Waals surface area contributed by atoms with Crippen LogP contribution in [0.25, 0.3) is 5.69 Å². The molecule has 2 aromatic rings. The van der Waals surface area contributed by atoms with E-state index in [0.717, 1.165) is 17.1 Å². The summed E-state index contributed by atoms with van der Waals surface area (Å²) in [7, 11) is 1.64. The van der Waals surface area contributed by atoms with E-state index in [1.165, 1.54) is 0 Å². The second-order valence-electron chi connectivity index (χ2n) is 5.12. The van der Waals surface area contributed by atoms with Crippen molar-refractivity contribution in [2.45, 2.75) is 20.3 Å². The summed E-state index contributed by atoms with van der Waals surface area (Å²) in [5.74, 6) is 1.14. The Labute approximate surface area is 119 Å². The number of anilines is 1. The van der Waals surface area contributed by atoms with E-state index in [0.29, 0.717) is 12.3 Å². The van der Waals surface area contributed by atoms with Crippen molar-refractivity contribution >= 4 is 11.6 Å². The molecule has 1 aromatic heterocycles. The SMILES string of the molecule is COc1ccc(NC(=O)CC(C)C)cc1-n1cccc1. The lowest BCUT2D eigenvalue weighted by molar-refractivity contribution is -0.116. The summed E-state index contributed by atoms with van der Waals surface area (Å²) in [5.41, 5.74) is 1.68. The maximum Gasteiger partial charge on any atom is 0.224 e. The summed E-state index contributed by atoms with van der Waals surface area (Å²) in [6.07, 6.45) is 4.40. The molecular weight excluding hydrogens is 252 g/mol. The Morgan fingerprint density at radius 2 is 2.00 bits per heavy atom. The first kappa shape index (κ1) is 14.2. The summed E-state index contributed by atoms with van der Waals surface area (Å²) < 4.78 is 7.32. The van der Waals surface area contributed by atoms with Gasteiger partial charge >= 0.3 is 0 Å². The molecule has 0 unspecified atom stereocenters. The maximum atomic E-state index is 11.8. The topological polar surface area (TPSA) is 43.3 Å². The Morgan fingerprint density at radius 3 is 2.60 bits per heavy atom. The third-order valence-electron chi connectivity index (χ3n) is 2.94. The number of carbonyl (C=O) groups is 1. The summed E-state index contributed by atoms with van der Waals surface area (Å²) in [6.45, 7) is 4.05. The van der Waals surface area contributed by atoms with E-state index in [4.69, 9.17) is 4.74 Å². The average Bonchev–Trinajstić information content (AvgIpc) is 2.91. The highest BCUT2D eigenvalue weighted by Crippen LogP contribution is 2.26. The first-order valence-electron chi connectivity index (χ1n) is 6.71. The molecule has 0 radical (unpaired) electrons. The van der Waals surface area contributed by atoms with Gasteiger partial charge in [0, 0.05) is 24.5 Å². The van der Waals surface area contributed by atoms with E-state index < -0.39 is 0 Å². The number of aromatic nitrogens is 1. The zero-order valence-corrected chi connectivity index (χ0v) is 12.1. The maximum absolute atomic E-state index is 11.8. The highest BCUT2D eigenvalue weighted by molar-refractivity contribution is 5.91. The fraction of sp³-hybridized carbons (Fsp3) is 0.312. The Balaban J connectivity index is 2.24. The molecule has 0 fully saturated rings. The lowest BCUT2D eigenvalue weighted by Gasteiger charge is -2.13. The summed E-state index contributed by atoms with van der Waals surface area (Å²) in [6, 6.07) is 9.52. The van der Waals surface area contributed by atoms with Crippen molar-refractivity contribution in [2.75, 3.05) is 12.4 Å². The number of hydrogen-bond acceptors (Lipinski definition) is 2. The van der Waals surface area contributed by atoms with Gasteiger partial charge in [0.1, 0.15) is 5.75 Å². The van der Waals surface area contributed by atoms with Crippen LogP contribution in [0.2, 0.25) is 0 Å². The van der Waals surface area contributed by atoms with Gasteiger partial charge in [-0.05, 0) is 36.2 Å². The minimum absolute atomic E-state index is 0.0311. The van der Waals surface area contributed by atoms with Gasteiger partial charge in [-0.25, -0.2) is 0 Å². The second-order valence-corrected chi connectivity index (χ2v) is 5.12. The normalized spacial score (nSPS) is 10.6. The van der Waals surface area contributed by atoms with Crippen LogP contribution in [0.3, 0.4) is 0 Å². The minimum atomic E-state index is 0.0311. The Kier molecular flexibility index (Phi) is 4.45. The molecule has 0 saturated carbocycles. The third kappa shape index (κ3) is 3.41. The van der Waals surface area contributed by atoms with Crippen LogP contribution < -0.4 is 10.1 Å². The van der Waals surface area contributed by atoms with Gasteiger partial charge in [0.05, 0.1) is 12.8 Å². The molecular formula is C16H20N2O2. The quantitative estimate of drug-likeness (QED) is 0.905. The van der Waals surface area contributed by atoms with Gasteiger partial charge in [-0.1, -0.05) is 13.8 Å². The van der Waals surface area contributed by atoms with Crippen LogP contribution in [0.15, 0.2) is 42.7 Å². The van der Waals surface area contributed by atoms with E-state index in [9.17, 15) is 4.79 Å². The molecule has 0 aliphatic rings. The van der Waals surface area contributed by atoms with Crippen molar-refractivity contribution in [1.29, 1.82) is 0 Å². The molecule has 106 valence electrons. The standard InChI is InChI=1S/C16H20N2O2/c1-12(2)10-16(19)17-13-6-7-15(20-3)14(11-13)18-8-4-5-9-18/h4-9,11-12H,10H2,1-3H3,(H,17,19). The number of nitrogens with zero attached hydrogens (tertiary/aromatic N) is 1. The average molecular weight is 272 g/mol. The molecule has 1 aromatic carbocycles. The fourth-order valence-electron chi connectivity index (χ4n) is 2.05. The van der Waals surface area contributed by atoms with Crippen LogP contribution in [-0.2, 0) is 4.79 Å². The van der Waals surface area contributed by atoms with Crippen molar-refractivity contribution in [2.24, 2.45) is 5.92 Å². The van der Waals surface area contributed by atoms with E-state index in [1.807, 2.05) is 61.1 Å². The fourth-order valence-corrected chi connectivity index (χ4v) is 2.05. The number of methoxy groups -OCH3 is 1. The molecule has 4 nitrogen and oxygen atoms in total. The van der Waals surface area contributed by atoms with Gasteiger partial charge in [-0.2, -0.15) is 0 Å². The van der Waals surface area contributed by atoms with Crippen molar-refractivity contribution in [1.82, 2.24) is 4.57 Å². The van der Waals surface area contributed by atoms with E-state index in [2.05, 4.69) is 5.32 Å². The molecule has 0 atom stereocenters. The predicted molar refractivity (Wildman–Crippen MR) is 80.4 cm³/mol. The Morgan fingerprint density at radius 1 is 1.30 bits per heavy atom. The molecule has 0 spiro atoms. The van der Waals surface area contributed by atoms with Gasteiger partial charge in [0.2, 0.25) is 5.91 Å². The second kappa shape index (κ2) is 6.28. The van der Waals surface area contributed by atoms with Crippen molar-refractivity contribution in [3.63, 3.8) is 0 Å². The first-order chi connectivity index (χ1) is 9.60. The van der Waals surface area contributed by atoms with Gasteiger partial charge < -0.3 is 14.6 Å². The predicted octanol–water partition coefficient (Wildman–Crippen LogP) is 3.47. The van der Waals surface area contributed by atoms with E-state index in [1.54, 1.807) is 7.11 Å². The van der Waals surface area contributed by atoms with Crippen molar-refractivity contribution < 1.29 is 9.53 Å². The molecule has 20 heavy (non-hydrogen) atoms.